The lowest BCUT2D eigenvalue weighted by Gasteiger charge is -2.43. The second-order valence-corrected chi connectivity index (χ2v) is 13.1. The molecule has 0 radical (unpaired) electrons. The summed E-state index contributed by atoms with van der Waals surface area (Å²) in [5.41, 5.74) is 3.98. The molecule has 2 aliphatic rings. The molecule has 41 heavy (non-hydrogen) atoms. The largest absolute Gasteiger partial charge is 0.486 e. The van der Waals surface area contributed by atoms with Gasteiger partial charge in [0.05, 0.1) is 0 Å². The summed E-state index contributed by atoms with van der Waals surface area (Å²) in [4.78, 5) is 0. The van der Waals surface area contributed by atoms with E-state index in [4.69, 9.17) is 4.74 Å². The van der Waals surface area contributed by atoms with Crippen LogP contribution in [0.15, 0.2) is 97.1 Å². The first-order valence-corrected chi connectivity index (χ1v) is 15.2. The van der Waals surface area contributed by atoms with Gasteiger partial charge in [0.2, 0.25) is 0 Å². The van der Waals surface area contributed by atoms with Crippen molar-refractivity contribution in [1.82, 2.24) is 0 Å². The predicted octanol–water partition coefficient (Wildman–Crippen LogP) is 11.1. The van der Waals surface area contributed by atoms with Gasteiger partial charge in [0.15, 0.2) is 0 Å². The SMILES string of the molecule is CC12CCCCC1(C)c1cc(-c3ccc4c5cc6c(cc5c5cccc3c54)c3cccc4cccc6c43)ccc1O2. The minimum absolute atomic E-state index is 0.0708. The summed E-state index contributed by atoms with van der Waals surface area (Å²) in [7, 11) is 0. The van der Waals surface area contributed by atoms with Gasteiger partial charge in [-0.1, -0.05) is 86.1 Å². The van der Waals surface area contributed by atoms with E-state index in [0.717, 1.165) is 12.2 Å². The quantitative estimate of drug-likeness (QED) is 0.207. The lowest BCUT2D eigenvalue weighted by molar-refractivity contribution is 0.00740. The number of fused-ring (bicyclic) bond motifs is 9. The van der Waals surface area contributed by atoms with Crippen LogP contribution in [0, 0.1) is 0 Å². The zero-order chi connectivity index (χ0) is 27.1. The van der Waals surface area contributed by atoms with E-state index in [9.17, 15) is 0 Å². The van der Waals surface area contributed by atoms with Crippen LogP contribution < -0.4 is 4.74 Å². The highest BCUT2D eigenvalue weighted by Gasteiger charge is 2.55. The van der Waals surface area contributed by atoms with Gasteiger partial charge in [-0.05, 0) is 126 Å². The standard InChI is InChI=1S/C40H30O/c1-39-18-3-4-19-40(39,2)41-36-17-14-24(20-35(36)39)25-15-16-30-34-22-32-28-11-6-9-23-8-5-10-27(37(23)28)31(32)21-33(34)29-13-7-12-26(25)38(29)30/h5-17,20-22H,3-4,18-19H2,1-2H3. The molecule has 0 saturated heterocycles. The van der Waals surface area contributed by atoms with Crippen LogP contribution >= 0.6 is 0 Å². The fourth-order valence-corrected chi connectivity index (χ4v) is 8.91. The van der Waals surface area contributed by atoms with E-state index < -0.39 is 0 Å². The van der Waals surface area contributed by atoms with Gasteiger partial charge in [0.1, 0.15) is 11.4 Å². The maximum absolute atomic E-state index is 6.65. The van der Waals surface area contributed by atoms with Crippen LogP contribution in [-0.2, 0) is 5.41 Å². The third-order valence-corrected chi connectivity index (χ3v) is 11.2. The molecule has 2 atom stereocenters. The van der Waals surface area contributed by atoms with E-state index in [-0.39, 0.29) is 11.0 Å². The van der Waals surface area contributed by atoms with Crippen LogP contribution in [0.3, 0.4) is 0 Å². The number of hydrogen-bond donors (Lipinski definition) is 0. The van der Waals surface area contributed by atoms with Gasteiger partial charge in [0.25, 0.3) is 0 Å². The highest BCUT2D eigenvalue weighted by molar-refractivity contribution is 6.38. The Morgan fingerprint density at radius 3 is 1.88 bits per heavy atom. The maximum Gasteiger partial charge on any atom is 0.124 e. The van der Waals surface area contributed by atoms with E-state index in [1.165, 1.54) is 101 Å². The first kappa shape index (κ1) is 22.3. The van der Waals surface area contributed by atoms with Crippen molar-refractivity contribution in [2.45, 2.75) is 50.5 Å². The molecule has 0 N–H and O–H groups in total. The first-order chi connectivity index (χ1) is 20.0. The van der Waals surface area contributed by atoms with Crippen molar-refractivity contribution < 1.29 is 4.74 Å². The minimum Gasteiger partial charge on any atom is -0.486 e. The van der Waals surface area contributed by atoms with Gasteiger partial charge in [-0.2, -0.15) is 0 Å². The molecule has 1 fully saturated rings. The fourth-order valence-electron chi connectivity index (χ4n) is 8.91. The normalized spacial score (nSPS) is 22.4. The number of benzene rings is 6. The van der Waals surface area contributed by atoms with Crippen LogP contribution in [0.1, 0.15) is 45.1 Å². The van der Waals surface area contributed by atoms with Crippen LogP contribution in [0.25, 0.3) is 75.8 Å². The van der Waals surface area contributed by atoms with Gasteiger partial charge in [-0.3, -0.25) is 0 Å². The van der Waals surface area contributed by atoms with E-state index in [1.807, 2.05) is 0 Å². The molecule has 1 heterocycles. The van der Waals surface area contributed by atoms with Gasteiger partial charge < -0.3 is 4.74 Å². The molecule has 1 saturated carbocycles. The van der Waals surface area contributed by atoms with Gasteiger partial charge in [0, 0.05) is 11.0 Å². The Balaban J connectivity index is 1.24. The molecule has 196 valence electrons. The molecule has 8 aromatic rings. The summed E-state index contributed by atoms with van der Waals surface area (Å²) in [6.45, 7) is 4.77. The highest BCUT2D eigenvalue weighted by Crippen LogP contribution is 2.57. The molecule has 1 nitrogen and oxygen atoms in total. The average molecular weight is 527 g/mol. The third kappa shape index (κ3) is 2.60. The molecule has 1 aliphatic heterocycles. The number of hydrogen-bond acceptors (Lipinski definition) is 1. The van der Waals surface area contributed by atoms with Crippen molar-refractivity contribution in [3.63, 3.8) is 0 Å². The number of rotatable bonds is 1. The summed E-state index contributed by atoms with van der Waals surface area (Å²) >= 11 is 0. The number of ether oxygens (including phenoxy) is 1. The average Bonchev–Trinajstić information content (AvgIpc) is 3.57. The Morgan fingerprint density at radius 1 is 0.537 bits per heavy atom. The van der Waals surface area contributed by atoms with Crippen molar-refractivity contribution >= 4 is 64.6 Å². The monoisotopic (exact) mass is 526 g/mol. The van der Waals surface area contributed by atoms with E-state index in [1.54, 1.807) is 0 Å². The predicted molar refractivity (Wildman–Crippen MR) is 174 cm³/mol. The van der Waals surface area contributed by atoms with Gasteiger partial charge >= 0.3 is 0 Å². The summed E-state index contributed by atoms with van der Waals surface area (Å²) in [5, 5.41) is 16.3. The second-order valence-electron chi connectivity index (χ2n) is 13.1. The zero-order valence-electron chi connectivity index (χ0n) is 23.5. The summed E-state index contributed by atoms with van der Waals surface area (Å²) in [6, 6.07) is 37.0. The topological polar surface area (TPSA) is 9.23 Å². The van der Waals surface area contributed by atoms with Crippen LogP contribution in [0.4, 0.5) is 0 Å². The van der Waals surface area contributed by atoms with Crippen molar-refractivity contribution in [1.29, 1.82) is 0 Å². The van der Waals surface area contributed by atoms with Gasteiger partial charge in [-0.25, -0.2) is 0 Å². The molecule has 0 spiro atoms. The molecule has 2 unspecified atom stereocenters. The summed E-state index contributed by atoms with van der Waals surface area (Å²) in [5.74, 6) is 1.09. The molecule has 1 heteroatoms. The lowest BCUT2D eigenvalue weighted by atomic mass is 9.63. The molecule has 0 aromatic heterocycles. The lowest BCUT2D eigenvalue weighted by Crippen LogP contribution is -2.49. The Morgan fingerprint density at radius 2 is 1.15 bits per heavy atom. The summed E-state index contributed by atoms with van der Waals surface area (Å²) in [6.07, 6.45) is 4.87. The molecule has 0 amide bonds. The third-order valence-electron chi connectivity index (χ3n) is 11.2. The molecular formula is C40H30O. The van der Waals surface area contributed by atoms with Gasteiger partial charge in [-0.15, -0.1) is 0 Å². The smallest absolute Gasteiger partial charge is 0.124 e. The second kappa shape index (κ2) is 7.28. The zero-order valence-corrected chi connectivity index (χ0v) is 23.5. The Kier molecular flexibility index (Phi) is 3.97. The molecule has 1 aliphatic carbocycles. The Bertz CT molecular complexity index is 2290. The van der Waals surface area contributed by atoms with Crippen molar-refractivity contribution in [3.05, 3.63) is 103 Å². The van der Waals surface area contributed by atoms with E-state index in [0.29, 0.717) is 0 Å². The van der Waals surface area contributed by atoms with Crippen LogP contribution in [0.2, 0.25) is 0 Å². The minimum atomic E-state index is -0.0980. The highest BCUT2D eigenvalue weighted by atomic mass is 16.5. The molecule has 10 rings (SSSR count). The fraction of sp³-hybridized carbons (Fsp3) is 0.200. The van der Waals surface area contributed by atoms with E-state index >= 15 is 0 Å². The van der Waals surface area contributed by atoms with Crippen LogP contribution in [0.5, 0.6) is 5.75 Å². The summed E-state index contributed by atoms with van der Waals surface area (Å²) < 4.78 is 6.65. The Hall–Kier alpha value is -4.36. The van der Waals surface area contributed by atoms with Crippen molar-refractivity contribution in [3.8, 4) is 16.9 Å². The van der Waals surface area contributed by atoms with Crippen molar-refractivity contribution in [2.24, 2.45) is 0 Å². The van der Waals surface area contributed by atoms with Crippen molar-refractivity contribution in [2.75, 3.05) is 0 Å². The molecule has 8 aromatic carbocycles. The van der Waals surface area contributed by atoms with E-state index in [2.05, 4.69) is 111 Å². The Labute approximate surface area is 239 Å². The first-order valence-electron chi connectivity index (χ1n) is 15.2. The maximum atomic E-state index is 6.65. The molecular weight excluding hydrogens is 496 g/mol. The molecule has 0 bridgehead atoms. The van der Waals surface area contributed by atoms with Crippen LogP contribution in [-0.4, -0.2) is 5.60 Å².